The lowest BCUT2D eigenvalue weighted by Gasteiger charge is -2.18. The third-order valence-electron chi connectivity index (χ3n) is 4.96. The zero-order valence-electron chi connectivity index (χ0n) is 17.0. The number of aryl methyl sites for hydroxylation is 1. The van der Waals surface area contributed by atoms with Gasteiger partial charge < -0.3 is 10.3 Å². The van der Waals surface area contributed by atoms with Crippen molar-refractivity contribution in [3.8, 4) is 0 Å². The van der Waals surface area contributed by atoms with Gasteiger partial charge in [-0.2, -0.15) is 0 Å². The molecule has 8 nitrogen and oxygen atoms in total. The lowest BCUT2D eigenvalue weighted by atomic mass is 10.0. The van der Waals surface area contributed by atoms with Crippen molar-refractivity contribution in [2.24, 2.45) is 5.92 Å². The van der Waals surface area contributed by atoms with Crippen LogP contribution in [0.2, 0.25) is 0 Å². The summed E-state index contributed by atoms with van der Waals surface area (Å²) in [5.74, 6) is 0.946. The molecule has 4 aromatic rings. The average Bonchev–Trinajstić information content (AvgIpc) is 3.17. The molecule has 4 rings (SSSR count). The molecule has 0 saturated carbocycles. The molecule has 2 aromatic carbocycles. The minimum absolute atomic E-state index is 0.127. The van der Waals surface area contributed by atoms with Gasteiger partial charge in [-0.25, -0.2) is 9.67 Å². The van der Waals surface area contributed by atoms with Crippen LogP contribution in [-0.4, -0.2) is 30.9 Å². The number of carbonyl (C=O) groups is 1. The average molecular weight is 404 g/mol. The Labute approximate surface area is 173 Å². The molecule has 0 radical (unpaired) electrons. The fraction of sp³-hybridized carbons (Fsp3) is 0.318. The second-order valence-electron chi connectivity index (χ2n) is 7.77. The number of amides is 1. The molecule has 0 saturated heterocycles. The number of fused-ring (bicyclic) bond motifs is 2. The highest BCUT2D eigenvalue weighted by atomic mass is 16.2. The zero-order valence-corrected chi connectivity index (χ0v) is 17.0. The van der Waals surface area contributed by atoms with E-state index in [0.717, 1.165) is 23.3 Å². The first-order chi connectivity index (χ1) is 14.5. The summed E-state index contributed by atoms with van der Waals surface area (Å²) in [6.07, 6.45) is 0.878. The molecular weight excluding hydrogens is 380 g/mol. The van der Waals surface area contributed by atoms with Gasteiger partial charge in [-0.1, -0.05) is 43.3 Å². The molecule has 2 N–H and O–H groups in total. The van der Waals surface area contributed by atoms with Crippen LogP contribution in [0.25, 0.3) is 21.9 Å². The van der Waals surface area contributed by atoms with E-state index < -0.39 is 0 Å². The molecule has 2 heterocycles. The molecular formula is C22H24N6O2. The van der Waals surface area contributed by atoms with E-state index in [1.807, 2.05) is 24.3 Å². The van der Waals surface area contributed by atoms with Crippen molar-refractivity contribution in [1.82, 2.24) is 30.3 Å². The van der Waals surface area contributed by atoms with E-state index in [2.05, 4.69) is 39.4 Å². The van der Waals surface area contributed by atoms with Crippen molar-refractivity contribution in [3.05, 3.63) is 64.7 Å². The summed E-state index contributed by atoms with van der Waals surface area (Å²) in [7, 11) is 0. The first kappa shape index (κ1) is 19.8. The van der Waals surface area contributed by atoms with Gasteiger partial charge in [-0.3, -0.25) is 9.59 Å². The Morgan fingerprint density at radius 3 is 2.60 bits per heavy atom. The first-order valence-electron chi connectivity index (χ1n) is 10.1. The fourth-order valence-electron chi connectivity index (χ4n) is 3.49. The molecule has 0 fully saturated rings. The summed E-state index contributed by atoms with van der Waals surface area (Å²) in [5.41, 5.74) is 2.11. The number of aromatic amines is 1. The fourth-order valence-corrected chi connectivity index (χ4v) is 3.49. The predicted octanol–water partition coefficient (Wildman–Crippen LogP) is 2.96. The number of nitrogens with zero attached hydrogens (tertiary/aromatic N) is 4. The highest BCUT2D eigenvalue weighted by Crippen LogP contribution is 2.22. The standard InChI is InChI=1S/C22H24N6O2/c1-14(2)13-19(21-24-17-9-5-6-10-18(17)25-21)23-20(29)11-12-28-22(30)15-7-3-4-8-16(15)26-27-28/h3-10,14,19H,11-13H2,1-2H3,(H,23,29)(H,24,25)/t19-/m1/s1. The molecule has 8 heteroatoms. The predicted molar refractivity (Wildman–Crippen MR) is 115 cm³/mol. The molecule has 2 aromatic heterocycles. The minimum atomic E-state index is -0.246. The number of carbonyl (C=O) groups excluding carboxylic acids is 1. The van der Waals surface area contributed by atoms with E-state index in [9.17, 15) is 9.59 Å². The van der Waals surface area contributed by atoms with Crippen molar-refractivity contribution in [3.63, 3.8) is 0 Å². The molecule has 30 heavy (non-hydrogen) atoms. The molecule has 0 spiro atoms. The van der Waals surface area contributed by atoms with Gasteiger partial charge in [0.25, 0.3) is 5.56 Å². The molecule has 1 atom stereocenters. The van der Waals surface area contributed by atoms with Gasteiger partial charge in [0, 0.05) is 6.42 Å². The van der Waals surface area contributed by atoms with Crippen molar-refractivity contribution in [1.29, 1.82) is 0 Å². The summed E-state index contributed by atoms with van der Waals surface area (Å²) in [5, 5.41) is 11.6. The van der Waals surface area contributed by atoms with E-state index in [-0.39, 0.29) is 30.5 Å². The minimum Gasteiger partial charge on any atom is -0.346 e. The maximum Gasteiger partial charge on any atom is 0.277 e. The van der Waals surface area contributed by atoms with Crippen molar-refractivity contribution >= 4 is 27.8 Å². The van der Waals surface area contributed by atoms with Crippen molar-refractivity contribution in [2.75, 3.05) is 0 Å². The summed E-state index contributed by atoms with van der Waals surface area (Å²) in [6, 6.07) is 14.6. The molecule has 0 aliphatic carbocycles. The van der Waals surface area contributed by atoms with E-state index in [1.54, 1.807) is 24.3 Å². The van der Waals surface area contributed by atoms with Gasteiger partial charge in [0.05, 0.1) is 29.0 Å². The highest BCUT2D eigenvalue weighted by Gasteiger charge is 2.20. The smallest absolute Gasteiger partial charge is 0.277 e. The third-order valence-corrected chi connectivity index (χ3v) is 4.96. The van der Waals surface area contributed by atoms with Crippen LogP contribution in [0.5, 0.6) is 0 Å². The lowest BCUT2D eigenvalue weighted by molar-refractivity contribution is -0.122. The van der Waals surface area contributed by atoms with Crippen molar-refractivity contribution < 1.29 is 4.79 Å². The van der Waals surface area contributed by atoms with Crippen LogP contribution < -0.4 is 10.9 Å². The Balaban J connectivity index is 1.48. The van der Waals surface area contributed by atoms with Crippen LogP contribution in [0.1, 0.15) is 38.6 Å². The second-order valence-corrected chi connectivity index (χ2v) is 7.77. The number of aromatic nitrogens is 5. The number of H-pyrrole nitrogens is 1. The van der Waals surface area contributed by atoms with Crippen molar-refractivity contribution in [2.45, 2.75) is 39.3 Å². The molecule has 0 bridgehead atoms. The van der Waals surface area contributed by atoms with Gasteiger partial charge in [-0.15, -0.1) is 5.10 Å². The molecule has 1 amide bonds. The summed E-state index contributed by atoms with van der Waals surface area (Å²) < 4.78 is 1.24. The van der Waals surface area contributed by atoms with Crippen LogP contribution in [-0.2, 0) is 11.3 Å². The monoisotopic (exact) mass is 404 g/mol. The van der Waals surface area contributed by atoms with E-state index in [4.69, 9.17) is 0 Å². The SMILES string of the molecule is CC(C)C[C@@H](NC(=O)CCn1nnc2ccccc2c1=O)c1nc2ccccc2[nH]1. The van der Waals surface area contributed by atoms with Crippen LogP contribution in [0.3, 0.4) is 0 Å². The Kier molecular flexibility index (Phi) is 5.56. The molecule has 0 aliphatic heterocycles. The van der Waals surface area contributed by atoms with Crippen LogP contribution in [0.4, 0.5) is 0 Å². The number of hydrogen-bond acceptors (Lipinski definition) is 5. The number of hydrogen-bond donors (Lipinski definition) is 2. The Bertz CT molecular complexity index is 1210. The number of imidazole rings is 1. The van der Waals surface area contributed by atoms with Gasteiger partial charge in [-0.05, 0) is 36.6 Å². The molecule has 0 unspecified atom stereocenters. The second kappa shape index (κ2) is 8.44. The maximum atomic E-state index is 12.7. The Hall–Kier alpha value is -3.55. The van der Waals surface area contributed by atoms with Gasteiger partial charge >= 0.3 is 0 Å². The zero-order chi connectivity index (χ0) is 21.1. The number of para-hydroxylation sites is 2. The van der Waals surface area contributed by atoms with Crippen LogP contribution in [0.15, 0.2) is 53.3 Å². The summed E-state index contributed by atoms with van der Waals surface area (Å²) in [6.45, 7) is 4.37. The number of nitrogens with one attached hydrogen (secondary N) is 2. The van der Waals surface area contributed by atoms with E-state index in [0.29, 0.717) is 16.8 Å². The number of rotatable bonds is 7. The maximum absolute atomic E-state index is 12.7. The Morgan fingerprint density at radius 2 is 1.83 bits per heavy atom. The third kappa shape index (κ3) is 4.22. The number of benzene rings is 2. The summed E-state index contributed by atoms with van der Waals surface area (Å²) in [4.78, 5) is 33.1. The topological polar surface area (TPSA) is 106 Å². The summed E-state index contributed by atoms with van der Waals surface area (Å²) >= 11 is 0. The normalized spacial score (nSPS) is 12.5. The largest absolute Gasteiger partial charge is 0.346 e. The quantitative estimate of drug-likeness (QED) is 0.493. The van der Waals surface area contributed by atoms with Gasteiger partial charge in [0.2, 0.25) is 5.91 Å². The van der Waals surface area contributed by atoms with Gasteiger partial charge in [0.1, 0.15) is 11.3 Å². The lowest BCUT2D eigenvalue weighted by Crippen LogP contribution is -2.32. The van der Waals surface area contributed by atoms with E-state index in [1.165, 1.54) is 4.68 Å². The Morgan fingerprint density at radius 1 is 1.10 bits per heavy atom. The molecule has 0 aliphatic rings. The first-order valence-corrected chi connectivity index (χ1v) is 10.1. The van der Waals surface area contributed by atoms with Crippen LogP contribution in [0, 0.1) is 5.92 Å². The van der Waals surface area contributed by atoms with Crippen LogP contribution >= 0.6 is 0 Å². The molecule has 154 valence electrons. The van der Waals surface area contributed by atoms with E-state index >= 15 is 0 Å². The highest BCUT2D eigenvalue weighted by molar-refractivity contribution is 5.78. The van der Waals surface area contributed by atoms with Gasteiger partial charge in [0.15, 0.2) is 0 Å².